The summed E-state index contributed by atoms with van der Waals surface area (Å²) in [7, 11) is 2.15. The number of hydrogen-bond donors (Lipinski definition) is 0. The molecular weight excluding hydrogens is 350 g/mol. The van der Waals surface area contributed by atoms with E-state index >= 15 is 0 Å². The first-order valence-corrected chi connectivity index (χ1v) is 9.45. The number of piperazine rings is 2. The highest BCUT2D eigenvalue weighted by molar-refractivity contribution is 6.30. The van der Waals surface area contributed by atoms with Gasteiger partial charge in [0.05, 0.1) is 6.20 Å². The van der Waals surface area contributed by atoms with Gasteiger partial charge in [-0.2, -0.15) is 10.1 Å². The largest absolute Gasteiger partial charge is 0.368 e. The predicted octanol–water partition coefficient (Wildman–Crippen LogP) is 1.60. The second kappa shape index (κ2) is 7.63. The summed E-state index contributed by atoms with van der Waals surface area (Å²) in [5, 5.41) is 9.23. The van der Waals surface area contributed by atoms with E-state index in [-0.39, 0.29) is 0 Å². The number of benzene rings is 1. The molecule has 2 aliphatic rings. The molecule has 0 unspecified atom stereocenters. The van der Waals surface area contributed by atoms with Crippen molar-refractivity contribution in [3.05, 3.63) is 35.5 Å². The van der Waals surface area contributed by atoms with Crippen LogP contribution in [-0.4, -0.2) is 79.5 Å². The van der Waals surface area contributed by atoms with Gasteiger partial charge in [0, 0.05) is 63.1 Å². The molecular formula is C18H24ClN7. The summed E-state index contributed by atoms with van der Waals surface area (Å²) in [6.45, 7) is 7.66. The molecule has 1 aromatic carbocycles. The fourth-order valence-corrected chi connectivity index (χ4v) is 3.63. The van der Waals surface area contributed by atoms with Gasteiger partial charge < -0.3 is 19.6 Å². The van der Waals surface area contributed by atoms with Crippen molar-refractivity contribution in [1.29, 1.82) is 0 Å². The zero-order valence-corrected chi connectivity index (χ0v) is 15.8. The maximum Gasteiger partial charge on any atom is 0.247 e. The van der Waals surface area contributed by atoms with E-state index in [0.717, 1.165) is 69.1 Å². The summed E-state index contributed by atoms with van der Waals surface area (Å²) < 4.78 is 0. The first kappa shape index (κ1) is 17.3. The van der Waals surface area contributed by atoms with Gasteiger partial charge in [0.15, 0.2) is 5.82 Å². The van der Waals surface area contributed by atoms with Crippen LogP contribution in [0.1, 0.15) is 0 Å². The van der Waals surface area contributed by atoms with Crippen molar-refractivity contribution >= 4 is 29.1 Å². The van der Waals surface area contributed by atoms with E-state index in [2.05, 4.69) is 42.9 Å². The minimum atomic E-state index is 0.743. The lowest BCUT2D eigenvalue weighted by Gasteiger charge is -2.37. The third-order valence-electron chi connectivity index (χ3n) is 5.10. The molecule has 4 rings (SSSR count). The smallest absolute Gasteiger partial charge is 0.247 e. The summed E-state index contributed by atoms with van der Waals surface area (Å²) in [6, 6.07) is 8.04. The number of halogens is 1. The molecule has 0 atom stereocenters. The summed E-state index contributed by atoms with van der Waals surface area (Å²) in [4.78, 5) is 14.0. The zero-order chi connectivity index (χ0) is 17.9. The lowest BCUT2D eigenvalue weighted by molar-refractivity contribution is 0.311. The van der Waals surface area contributed by atoms with E-state index in [1.54, 1.807) is 6.20 Å². The van der Waals surface area contributed by atoms with E-state index in [0.29, 0.717) is 0 Å². The van der Waals surface area contributed by atoms with E-state index in [1.807, 2.05) is 18.2 Å². The molecule has 0 saturated carbocycles. The van der Waals surface area contributed by atoms with Gasteiger partial charge in [-0.05, 0) is 25.2 Å². The first-order chi connectivity index (χ1) is 12.7. The van der Waals surface area contributed by atoms with Crippen LogP contribution in [0.4, 0.5) is 17.5 Å². The molecule has 0 spiro atoms. The topological polar surface area (TPSA) is 51.6 Å². The van der Waals surface area contributed by atoms with E-state index in [1.165, 1.54) is 5.69 Å². The standard InChI is InChI=1S/C18H24ClN7/c1-23-5-7-26(8-6-23)18-21-17(14-20-22-18)25-11-9-24(10-12-25)16-4-2-3-15(19)13-16/h2-4,13-14H,5-12H2,1H3. The number of anilines is 3. The van der Waals surface area contributed by atoms with Crippen LogP contribution in [0.2, 0.25) is 5.02 Å². The molecule has 0 bridgehead atoms. The van der Waals surface area contributed by atoms with E-state index in [4.69, 9.17) is 16.6 Å². The summed E-state index contributed by atoms with van der Waals surface area (Å²) in [5.41, 5.74) is 1.18. The zero-order valence-electron chi connectivity index (χ0n) is 15.1. The normalized spacial score (nSPS) is 19.1. The minimum absolute atomic E-state index is 0.743. The Morgan fingerprint density at radius 2 is 1.58 bits per heavy atom. The number of likely N-dealkylation sites (N-methyl/N-ethyl adjacent to an activating group) is 1. The summed E-state index contributed by atoms with van der Waals surface area (Å²) >= 11 is 6.12. The second-order valence-electron chi connectivity index (χ2n) is 6.86. The molecule has 8 heteroatoms. The Bertz CT molecular complexity index is 740. The van der Waals surface area contributed by atoms with Gasteiger partial charge in [-0.3, -0.25) is 0 Å². The maximum absolute atomic E-state index is 6.12. The Balaban J connectivity index is 1.41. The van der Waals surface area contributed by atoms with Crippen molar-refractivity contribution in [2.24, 2.45) is 0 Å². The van der Waals surface area contributed by atoms with Gasteiger partial charge >= 0.3 is 0 Å². The fourth-order valence-electron chi connectivity index (χ4n) is 3.45. The average molecular weight is 374 g/mol. The summed E-state index contributed by atoms with van der Waals surface area (Å²) in [5.74, 6) is 1.66. The van der Waals surface area contributed by atoms with E-state index < -0.39 is 0 Å². The van der Waals surface area contributed by atoms with Gasteiger partial charge in [0.25, 0.3) is 0 Å². The molecule has 0 amide bonds. The first-order valence-electron chi connectivity index (χ1n) is 9.08. The molecule has 0 radical (unpaired) electrons. The van der Waals surface area contributed by atoms with Gasteiger partial charge in [-0.15, -0.1) is 5.10 Å². The highest BCUT2D eigenvalue weighted by atomic mass is 35.5. The van der Waals surface area contributed by atoms with Gasteiger partial charge in [0.1, 0.15) is 0 Å². The number of rotatable bonds is 3. The molecule has 2 aliphatic heterocycles. The molecule has 2 aromatic rings. The van der Waals surface area contributed by atoms with Crippen LogP contribution in [0.25, 0.3) is 0 Å². The number of aromatic nitrogens is 3. The van der Waals surface area contributed by atoms with Crippen LogP contribution in [0.15, 0.2) is 30.5 Å². The van der Waals surface area contributed by atoms with Crippen molar-refractivity contribution in [3.63, 3.8) is 0 Å². The predicted molar refractivity (Wildman–Crippen MR) is 105 cm³/mol. The van der Waals surface area contributed by atoms with Gasteiger partial charge in [0.2, 0.25) is 5.95 Å². The molecule has 1 aromatic heterocycles. The fraction of sp³-hybridized carbons (Fsp3) is 0.500. The molecule has 2 saturated heterocycles. The molecule has 7 nitrogen and oxygen atoms in total. The SMILES string of the molecule is CN1CCN(c2nncc(N3CCN(c4cccc(Cl)c4)CC3)n2)CC1. The average Bonchev–Trinajstić information content (AvgIpc) is 2.69. The second-order valence-corrected chi connectivity index (χ2v) is 7.30. The lowest BCUT2D eigenvalue weighted by atomic mass is 10.2. The monoisotopic (exact) mass is 373 g/mol. The Morgan fingerprint density at radius 3 is 2.31 bits per heavy atom. The highest BCUT2D eigenvalue weighted by Gasteiger charge is 2.21. The van der Waals surface area contributed by atoms with Crippen LogP contribution >= 0.6 is 11.6 Å². The summed E-state index contributed by atoms with van der Waals surface area (Å²) in [6.07, 6.45) is 1.77. The maximum atomic E-state index is 6.12. The Kier molecular flexibility index (Phi) is 5.08. The van der Waals surface area contributed by atoms with Crippen molar-refractivity contribution in [2.75, 3.05) is 74.1 Å². The van der Waals surface area contributed by atoms with Crippen molar-refractivity contribution < 1.29 is 0 Å². The Labute approximate surface area is 159 Å². The van der Waals surface area contributed by atoms with Gasteiger partial charge in [-0.1, -0.05) is 17.7 Å². The number of nitrogens with zero attached hydrogens (tertiary/aromatic N) is 7. The quantitative estimate of drug-likeness (QED) is 0.810. The van der Waals surface area contributed by atoms with E-state index in [9.17, 15) is 0 Å². The molecule has 0 N–H and O–H groups in total. The molecule has 26 heavy (non-hydrogen) atoms. The molecule has 2 fully saturated rings. The van der Waals surface area contributed by atoms with Crippen LogP contribution in [0, 0.1) is 0 Å². The van der Waals surface area contributed by atoms with Crippen LogP contribution in [0.5, 0.6) is 0 Å². The van der Waals surface area contributed by atoms with Gasteiger partial charge in [-0.25, -0.2) is 0 Å². The molecule has 138 valence electrons. The van der Waals surface area contributed by atoms with Crippen molar-refractivity contribution in [2.45, 2.75) is 0 Å². The minimum Gasteiger partial charge on any atom is -0.368 e. The Morgan fingerprint density at radius 1 is 0.885 bits per heavy atom. The number of hydrogen-bond acceptors (Lipinski definition) is 7. The molecule has 0 aliphatic carbocycles. The third kappa shape index (κ3) is 3.83. The molecule has 3 heterocycles. The van der Waals surface area contributed by atoms with Crippen LogP contribution in [0.3, 0.4) is 0 Å². The lowest BCUT2D eigenvalue weighted by Crippen LogP contribution is -2.47. The van der Waals surface area contributed by atoms with Crippen molar-refractivity contribution in [3.8, 4) is 0 Å². The van der Waals surface area contributed by atoms with Crippen molar-refractivity contribution in [1.82, 2.24) is 20.1 Å². The highest BCUT2D eigenvalue weighted by Crippen LogP contribution is 2.22. The van der Waals surface area contributed by atoms with Crippen LogP contribution in [-0.2, 0) is 0 Å². The van der Waals surface area contributed by atoms with Crippen LogP contribution < -0.4 is 14.7 Å². The third-order valence-corrected chi connectivity index (χ3v) is 5.33. The Hall–Kier alpha value is -2.12.